The van der Waals surface area contributed by atoms with Crippen LogP contribution < -0.4 is 0 Å². The largest absolute Gasteiger partial charge is 0 e. The molecule has 4 aliphatic carbocycles. The van der Waals surface area contributed by atoms with E-state index in [4.69, 9.17) is 0 Å². The normalized spacial score (nSPS) is 27.2. The molecule has 0 spiro atoms. The predicted octanol–water partition coefficient (Wildman–Crippen LogP) is 13.1. The van der Waals surface area contributed by atoms with Crippen LogP contribution in [0.5, 0.6) is 0 Å². The molecule has 0 aliphatic heterocycles. The van der Waals surface area contributed by atoms with Crippen LogP contribution in [0.1, 0.15) is 65.9 Å². The molecule has 0 saturated heterocycles. The molecule has 0 N–H and O–H groups in total. The second-order valence-electron chi connectivity index (χ2n) is 16.5. The number of fused-ring (bicyclic) bond motifs is 4. The van der Waals surface area contributed by atoms with E-state index in [-0.39, 0.29) is 26.2 Å². The fourth-order valence-electron chi connectivity index (χ4n) is 12.8. The Morgan fingerprint density at radius 1 is 0.468 bits per heavy atom. The van der Waals surface area contributed by atoms with Gasteiger partial charge < -0.3 is 0 Å². The number of benzene rings is 4. The summed E-state index contributed by atoms with van der Waals surface area (Å²) in [7, 11) is 40.7. The number of allylic oxidation sites excluding steroid dienone is 4. The van der Waals surface area contributed by atoms with Gasteiger partial charge in [0.2, 0.25) is 0 Å². The van der Waals surface area contributed by atoms with Gasteiger partial charge in [-0.3, -0.25) is 0 Å². The zero-order valence-corrected chi connectivity index (χ0v) is 35.7. The van der Waals surface area contributed by atoms with Crippen molar-refractivity contribution in [2.75, 3.05) is 0 Å². The second kappa shape index (κ2) is 7.42. The zero-order chi connectivity index (χ0) is 32.5. The van der Waals surface area contributed by atoms with E-state index >= 15 is 0 Å². The van der Waals surface area contributed by atoms with Crippen molar-refractivity contribution in [3.8, 4) is 0 Å². The first-order valence-electron chi connectivity index (χ1n) is 16.3. The van der Waals surface area contributed by atoms with Crippen LogP contribution >= 0.6 is 34.1 Å². The maximum absolute atomic E-state index is 10.2. The molecule has 47 heavy (non-hydrogen) atoms. The van der Waals surface area contributed by atoms with Crippen molar-refractivity contribution in [3.63, 3.8) is 0 Å². The molecule has 0 heterocycles. The molecular weight excluding hydrogens is 833 g/mol. The van der Waals surface area contributed by atoms with E-state index in [9.17, 15) is 34.1 Å². The molecule has 0 aromatic heterocycles. The van der Waals surface area contributed by atoms with Crippen molar-refractivity contribution in [1.82, 2.24) is 0 Å². The fourth-order valence-corrected chi connectivity index (χ4v) is 96.6. The van der Waals surface area contributed by atoms with E-state index in [0.29, 0.717) is 0 Å². The number of hydrogen-bond donors (Lipinski definition) is 0. The van der Waals surface area contributed by atoms with Gasteiger partial charge in [0.15, 0.2) is 0 Å². The molecule has 7 heteroatoms. The Morgan fingerprint density at radius 2 is 0.702 bits per heavy atom. The fraction of sp³-hybridized carbons (Fsp3) is 0.175. The average molecular weight is 871 g/mol. The molecular formula is C40H38Cl4SiZr2. The van der Waals surface area contributed by atoms with E-state index in [1.54, 1.807) is 0 Å². The minimum Gasteiger partial charge on any atom is 0 e. The minimum absolute atomic E-state index is 0. The van der Waals surface area contributed by atoms with E-state index in [1.165, 1.54) is 0 Å². The number of hydrogen-bond acceptors (Lipinski definition) is 0. The van der Waals surface area contributed by atoms with Crippen LogP contribution in [0.2, 0.25) is 13.1 Å². The molecule has 8 rings (SSSR count). The standard InChI is InChI=1S/4C9H7.C2H6Si.C2H4.4ClH.2Zr/c4*1-2-5-9-7-3-6-8(9)4-1;1-3-2;1-2;;;;;;/h4*1-7H;1-2H3;1H,2H3;4*1H;;/q;;;;;;;;;;;+4/p-4. The third kappa shape index (κ3) is 2.60. The van der Waals surface area contributed by atoms with Crippen molar-refractivity contribution < 1.29 is 30.9 Å². The van der Waals surface area contributed by atoms with Gasteiger partial charge in [-0.15, -0.1) is 0 Å². The van der Waals surface area contributed by atoms with E-state index in [2.05, 4.69) is 162 Å². The monoisotopic (exact) mass is 866 g/mol. The molecule has 0 nitrogen and oxygen atoms in total. The van der Waals surface area contributed by atoms with Crippen LogP contribution in [0.4, 0.5) is 0 Å². The molecule has 4 aromatic carbocycles. The molecule has 4 aliphatic rings. The van der Waals surface area contributed by atoms with E-state index in [1.807, 2.05) is 6.92 Å². The summed E-state index contributed by atoms with van der Waals surface area (Å²) in [6, 6.07) is 33.5. The topological polar surface area (TPSA) is 0 Å². The van der Waals surface area contributed by atoms with Gasteiger partial charge in [0.25, 0.3) is 0 Å². The Bertz CT molecular complexity index is 2420. The summed E-state index contributed by atoms with van der Waals surface area (Å²) < 4.78 is -11.1. The van der Waals surface area contributed by atoms with Gasteiger partial charge in [0, 0.05) is 26.2 Å². The SMILES string of the molecule is C[CH]=[Zr]([Cl])([Cl])([Cl])([Cl])([CH]1C=Cc2ccccc21)([CH]1C=Cc2ccccc21)([CH]1C=Cc2ccccc21)([CH]1C=Cc2ccccc21)=[Si](C)C.[Zr]. The molecule has 0 fully saturated rings. The van der Waals surface area contributed by atoms with Crippen LogP contribution in [0.25, 0.3) is 24.3 Å². The van der Waals surface area contributed by atoms with Crippen molar-refractivity contribution in [2.24, 2.45) is 0 Å². The summed E-state index contributed by atoms with van der Waals surface area (Å²) in [5.41, 5.74) is 5.45. The van der Waals surface area contributed by atoms with Crippen molar-refractivity contribution in [3.05, 3.63) is 166 Å². The third-order valence-corrected chi connectivity index (χ3v) is 154. The number of rotatable bonds is 4. The van der Waals surface area contributed by atoms with Crippen molar-refractivity contribution in [1.29, 1.82) is 0 Å². The molecule has 0 radical (unpaired) electrons. The van der Waals surface area contributed by atoms with Gasteiger partial charge in [-0.25, -0.2) is 0 Å². The van der Waals surface area contributed by atoms with E-state index < -0.39 is 24.7 Å². The first-order chi connectivity index (χ1) is 21.5. The van der Waals surface area contributed by atoms with Gasteiger partial charge in [0.05, 0.1) is 0 Å². The maximum atomic E-state index is 10.2. The maximum Gasteiger partial charge on any atom is 0 e. The van der Waals surface area contributed by atoms with E-state index in [0.717, 1.165) is 44.5 Å². The molecule has 238 valence electrons. The summed E-state index contributed by atoms with van der Waals surface area (Å²) in [4.78, 5) is 0. The van der Waals surface area contributed by atoms with Gasteiger partial charge in [-0.2, -0.15) is 0 Å². The van der Waals surface area contributed by atoms with Gasteiger partial charge >= 0.3 is 273 Å². The Kier molecular flexibility index (Phi) is 5.41. The minimum atomic E-state index is -9.78. The molecule has 4 aromatic rings. The van der Waals surface area contributed by atoms with Crippen LogP contribution in [-0.2, 0) is 30.9 Å². The van der Waals surface area contributed by atoms with Gasteiger partial charge in [-0.05, 0) is 0 Å². The summed E-state index contributed by atoms with van der Waals surface area (Å²) in [5, 5.41) is 0. The first-order valence-corrected chi connectivity index (χ1v) is 42.3. The quantitative estimate of drug-likeness (QED) is 0.179. The van der Waals surface area contributed by atoms with Crippen LogP contribution in [-0.4, -0.2) is 9.14 Å². The Morgan fingerprint density at radius 3 is 0.915 bits per heavy atom. The van der Waals surface area contributed by atoms with Crippen LogP contribution in [0.3, 0.4) is 0 Å². The molecule has 0 saturated carbocycles. The van der Waals surface area contributed by atoms with Gasteiger partial charge in [0.1, 0.15) is 0 Å². The summed E-state index contributed by atoms with van der Waals surface area (Å²) in [6.45, 7) is 6.40. The van der Waals surface area contributed by atoms with Crippen LogP contribution in [0.15, 0.2) is 121 Å². The molecule has 0 amide bonds. The summed E-state index contributed by atoms with van der Waals surface area (Å²) in [5.74, 6) is 0. The first kappa shape index (κ1) is 34.3. The molecule has 0 bridgehead atoms. The predicted molar refractivity (Wildman–Crippen MR) is 205 cm³/mol. The zero-order valence-electron chi connectivity index (χ0n) is 26.8. The third-order valence-electron chi connectivity index (χ3n) is 16.0. The van der Waals surface area contributed by atoms with Crippen LogP contribution in [0, 0.1) is 0 Å². The molecule has 4 atom stereocenters. The average Bonchev–Trinajstić information content (AvgIpc) is 3.87. The molecule has 4 unspecified atom stereocenters. The number of halogens is 4. The Labute approximate surface area is 295 Å². The van der Waals surface area contributed by atoms with Crippen molar-refractivity contribution in [2.45, 2.75) is 34.5 Å². The smallest absolute Gasteiger partial charge is 0 e. The summed E-state index contributed by atoms with van der Waals surface area (Å²) >= 11 is 0. The van der Waals surface area contributed by atoms with Crippen molar-refractivity contribution >= 4 is 67.5 Å². The van der Waals surface area contributed by atoms with Gasteiger partial charge in [-0.1, -0.05) is 0 Å². The Balaban J connectivity index is 0.00000351. The second-order valence-corrected chi connectivity index (χ2v) is 132. The summed E-state index contributed by atoms with van der Waals surface area (Å²) in [6.07, 6.45) is 17.3. The Hall–Kier alpha value is -1.15.